The van der Waals surface area contributed by atoms with Gasteiger partial charge < -0.3 is 20.5 Å². The van der Waals surface area contributed by atoms with Crippen LogP contribution in [0, 0.1) is 6.92 Å². The number of aromatic nitrogens is 4. The van der Waals surface area contributed by atoms with Gasteiger partial charge in [0.15, 0.2) is 5.82 Å². The summed E-state index contributed by atoms with van der Waals surface area (Å²) >= 11 is 0. The summed E-state index contributed by atoms with van der Waals surface area (Å²) in [5, 5.41) is 6.59. The van der Waals surface area contributed by atoms with Crippen LogP contribution >= 0.6 is 0 Å². The van der Waals surface area contributed by atoms with Gasteiger partial charge in [0.25, 0.3) is 5.56 Å². The van der Waals surface area contributed by atoms with E-state index >= 15 is 0 Å². The average molecular weight is 335 g/mol. The molecule has 0 unspecified atom stereocenters. The topological polar surface area (TPSA) is 141 Å². The van der Waals surface area contributed by atoms with Crippen LogP contribution in [-0.4, -0.2) is 37.9 Å². The fourth-order valence-corrected chi connectivity index (χ4v) is 2.61. The number of nitrogens with one attached hydrogen (secondary N) is 1. The van der Waals surface area contributed by atoms with Gasteiger partial charge in [-0.15, -0.1) is 0 Å². The van der Waals surface area contributed by atoms with Gasteiger partial charge >= 0.3 is 5.69 Å². The van der Waals surface area contributed by atoms with Crippen molar-refractivity contribution >= 4 is 17.4 Å². The molecule has 0 radical (unpaired) electrons. The Hall–Kier alpha value is -3.11. The van der Waals surface area contributed by atoms with Crippen LogP contribution in [0.15, 0.2) is 14.1 Å². The van der Waals surface area contributed by atoms with Gasteiger partial charge in [0.05, 0.1) is 6.67 Å². The molecule has 3 N–H and O–H groups in total. The van der Waals surface area contributed by atoms with Crippen molar-refractivity contribution in [2.75, 3.05) is 16.9 Å². The Kier molecular flexibility index (Phi) is 3.62. The Balaban J connectivity index is 2.14. The van der Waals surface area contributed by atoms with E-state index < -0.39 is 23.2 Å². The molecule has 11 nitrogen and oxygen atoms in total. The van der Waals surface area contributed by atoms with Crippen LogP contribution in [0.2, 0.25) is 0 Å². The number of nitrogens with zero attached hydrogens (tertiary/aromatic N) is 5. The molecule has 2 aromatic heterocycles. The normalized spacial score (nSPS) is 14.4. The van der Waals surface area contributed by atoms with Crippen LogP contribution in [0.5, 0.6) is 0 Å². The molecule has 24 heavy (non-hydrogen) atoms. The van der Waals surface area contributed by atoms with Gasteiger partial charge in [0.1, 0.15) is 24.1 Å². The van der Waals surface area contributed by atoms with Gasteiger partial charge in [0, 0.05) is 7.05 Å². The molecule has 0 bridgehead atoms. The lowest BCUT2D eigenvalue weighted by atomic mass is 10.2. The SMILES string of the molecule is Cc1noc(Cn2c(=O)c3c(n(C)c2=O)NCN3[C@@H](C)C(N)=O)n1. The van der Waals surface area contributed by atoms with Crippen LogP contribution in [-0.2, 0) is 18.4 Å². The van der Waals surface area contributed by atoms with E-state index in [9.17, 15) is 14.4 Å². The van der Waals surface area contributed by atoms with Gasteiger partial charge in [0.2, 0.25) is 11.8 Å². The van der Waals surface area contributed by atoms with Crippen LogP contribution in [0.25, 0.3) is 0 Å². The van der Waals surface area contributed by atoms with E-state index in [0.29, 0.717) is 11.6 Å². The van der Waals surface area contributed by atoms with Gasteiger partial charge in [-0.2, -0.15) is 4.98 Å². The number of amides is 1. The molecular formula is C13H17N7O4. The number of hydrogen-bond acceptors (Lipinski definition) is 8. The van der Waals surface area contributed by atoms with E-state index in [1.807, 2.05) is 0 Å². The number of primary amides is 1. The highest BCUT2D eigenvalue weighted by atomic mass is 16.5. The van der Waals surface area contributed by atoms with Crippen LogP contribution < -0.4 is 27.2 Å². The largest absolute Gasteiger partial charge is 0.368 e. The van der Waals surface area contributed by atoms with Gasteiger partial charge in [-0.25, -0.2) is 9.36 Å². The predicted octanol–water partition coefficient (Wildman–Crippen LogP) is -1.65. The number of rotatable bonds is 4. The van der Waals surface area contributed by atoms with Crippen molar-refractivity contribution in [3.63, 3.8) is 0 Å². The maximum Gasteiger partial charge on any atom is 0.332 e. The second-order valence-electron chi connectivity index (χ2n) is 5.55. The third-order valence-corrected chi connectivity index (χ3v) is 3.97. The summed E-state index contributed by atoms with van der Waals surface area (Å²) in [5.41, 5.74) is 4.46. The molecule has 0 fully saturated rings. The Morgan fingerprint density at radius 2 is 2.17 bits per heavy atom. The Morgan fingerprint density at radius 3 is 2.75 bits per heavy atom. The number of aryl methyl sites for hydroxylation is 1. The summed E-state index contributed by atoms with van der Waals surface area (Å²) < 4.78 is 7.26. The number of fused-ring (bicyclic) bond motifs is 1. The molecule has 3 rings (SSSR count). The van der Waals surface area contributed by atoms with Crippen molar-refractivity contribution in [3.8, 4) is 0 Å². The lowest BCUT2D eigenvalue weighted by Gasteiger charge is -2.22. The number of anilines is 2. The Bertz CT molecular complexity index is 925. The Morgan fingerprint density at radius 1 is 1.46 bits per heavy atom. The smallest absolute Gasteiger partial charge is 0.332 e. The van der Waals surface area contributed by atoms with E-state index in [4.69, 9.17) is 10.3 Å². The summed E-state index contributed by atoms with van der Waals surface area (Å²) in [5.74, 6) is 0.321. The van der Waals surface area contributed by atoms with Crippen molar-refractivity contribution in [2.24, 2.45) is 12.8 Å². The molecule has 11 heteroatoms. The van der Waals surface area contributed by atoms with E-state index in [2.05, 4.69) is 15.5 Å². The first-order valence-corrected chi connectivity index (χ1v) is 7.24. The fourth-order valence-electron chi connectivity index (χ4n) is 2.61. The minimum atomic E-state index is -0.706. The predicted molar refractivity (Wildman–Crippen MR) is 83.7 cm³/mol. The molecule has 1 aliphatic rings. The van der Waals surface area contributed by atoms with E-state index in [-0.39, 0.29) is 24.8 Å². The zero-order chi connectivity index (χ0) is 17.6. The van der Waals surface area contributed by atoms with E-state index in [1.165, 1.54) is 16.5 Å². The monoisotopic (exact) mass is 335 g/mol. The van der Waals surface area contributed by atoms with Crippen molar-refractivity contribution in [3.05, 3.63) is 32.6 Å². The molecule has 1 amide bonds. The fraction of sp³-hybridized carbons (Fsp3) is 0.462. The van der Waals surface area contributed by atoms with Crippen LogP contribution in [0.4, 0.5) is 11.5 Å². The summed E-state index contributed by atoms with van der Waals surface area (Å²) in [7, 11) is 1.53. The third-order valence-electron chi connectivity index (χ3n) is 3.97. The number of nitrogens with two attached hydrogens (primary N) is 1. The standard InChI is InChI=1S/C13H17N7O4/c1-6(10(14)21)20-5-15-11-9(20)12(22)19(13(23)18(11)3)4-8-16-7(2)17-24-8/h6,15H,4-5H2,1-3H3,(H2,14,21)/t6-/m0/s1. The Labute approximate surface area is 135 Å². The first kappa shape index (κ1) is 15.8. The van der Waals surface area contributed by atoms with E-state index in [1.54, 1.807) is 13.8 Å². The lowest BCUT2D eigenvalue weighted by molar-refractivity contribution is -0.118. The maximum absolute atomic E-state index is 12.8. The highest BCUT2D eigenvalue weighted by Crippen LogP contribution is 2.27. The highest BCUT2D eigenvalue weighted by Gasteiger charge is 2.32. The van der Waals surface area contributed by atoms with Crippen LogP contribution in [0.1, 0.15) is 18.6 Å². The minimum absolute atomic E-state index is 0.145. The molecule has 128 valence electrons. The molecule has 1 atom stereocenters. The quantitative estimate of drug-likeness (QED) is 0.677. The van der Waals surface area contributed by atoms with Crippen molar-refractivity contribution < 1.29 is 9.32 Å². The van der Waals surface area contributed by atoms with Crippen molar-refractivity contribution in [1.82, 2.24) is 19.3 Å². The second-order valence-corrected chi connectivity index (χ2v) is 5.55. The first-order valence-electron chi connectivity index (χ1n) is 7.24. The zero-order valence-corrected chi connectivity index (χ0v) is 13.4. The van der Waals surface area contributed by atoms with Crippen molar-refractivity contribution in [2.45, 2.75) is 26.4 Å². The van der Waals surface area contributed by atoms with Crippen LogP contribution in [0.3, 0.4) is 0 Å². The maximum atomic E-state index is 12.8. The average Bonchev–Trinajstić information content (AvgIpc) is 3.15. The minimum Gasteiger partial charge on any atom is -0.368 e. The van der Waals surface area contributed by atoms with Gasteiger partial charge in [-0.1, -0.05) is 5.16 Å². The molecule has 0 saturated heterocycles. The molecule has 0 aliphatic carbocycles. The second kappa shape index (κ2) is 5.51. The van der Waals surface area contributed by atoms with Gasteiger partial charge in [-0.05, 0) is 13.8 Å². The molecule has 1 aliphatic heterocycles. The van der Waals surface area contributed by atoms with Gasteiger partial charge in [-0.3, -0.25) is 14.2 Å². The number of carbonyl (C=O) groups is 1. The molecule has 2 aromatic rings. The van der Waals surface area contributed by atoms with Crippen molar-refractivity contribution in [1.29, 1.82) is 0 Å². The first-order chi connectivity index (χ1) is 11.3. The summed E-state index contributed by atoms with van der Waals surface area (Å²) in [6.07, 6.45) is 0. The number of carbonyl (C=O) groups excluding carboxylic acids is 1. The molecule has 0 aromatic carbocycles. The lowest BCUT2D eigenvalue weighted by Crippen LogP contribution is -2.46. The van der Waals surface area contributed by atoms with E-state index in [0.717, 1.165) is 4.57 Å². The highest BCUT2D eigenvalue weighted by molar-refractivity contribution is 5.86. The summed E-state index contributed by atoms with van der Waals surface area (Å²) in [6.45, 7) is 3.27. The zero-order valence-electron chi connectivity index (χ0n) is 13.4. The summed E-state index contributed by atoms with van der Waals surface area (Å²) in [6, 6.07) is -0.706. The molecule has 0 spiro atoms. The third kappa shape index (κ3) is 2.33. The molecular weight excluding hydrogens is 318 g/mol. The summed E-state index contributed by atoms with van der Waals surface area (Å²) in [4.78, 5) is 42.3. The molecule has 3 heterocycles. The number of hydrogen-bond donors (Lipinski definition) is 2. The molecule has 0 saturated carbocycles.